The molecule has 0 saturated heterocycles. The molecule has 1 aromatic heterocycles. The molecule has 6 aromatic rings. The third-order valence-electron chi connectivity index (χ3n) is 6.05. The van der Waals surface area contributed by atoms with Crippen molar-refractivity contribution in [2.24, 2.45) is 0 Å². The molecule has 1 heterocycles. The molecule has 0 bridgehead atoms. The van der Waals surface area contributed by atoms with Crippen LogP contribution in [0.4, 0.5) is 0 Å². The van der Waals surface area contributed by atoms with Gasteiger partial charge in [-0.15, -0.1) is 0 Å². The third-order valence-corrected chi connectivity index (χ3v) is 7.80. The summed E-state index contributed by atoms with van der Waals surface area (Å²) in [6, 6.07) is 10.9. The van der Waals surface area contributed by atoms with Crippen molar-refractivity contribution in [1.29, 1.82) is 0 Å². The Bertz CT molecular complexity index is 2300. The molecular formula is C36H31N3Si. The highest BCUT2D eigenvalue weighted by Gasteiger charge is 2.16. The predicted octanol–water partition coefficient (Wildman–Crippen LogP) is 8.75. The van der Waals surface area contributed by atoms with E-state index in [2.05, 4.69) is 15.0 Å². The van der Waals surface area contributed by atoms with Crippen molar-refractivity contribution in [3.8, 4) is 56.4 Å². The van der Waals surface area contributed by atoms with Crippen molar-refractivity contribution < 1.29 is 16.4 Å². The summed E-state index contributed by atoms with van der Waals surface area (Å²) in [7, 11) is -2.39. The molecule has 0 aliphatic carbocycles. The molecular weight excluding hydrogens is 503 g/mol. The Morgan fingerprint density at radius 2 is 0.850 bits per heavy atom. The molecule has 0 amide bonds. The first-order chi connectivity index (χ1) is 24.5. The smallest absolute Gasteiger partial charge is 0.164 e. The first-order valence-corrected chi connectivity index (χ1v) is 16.2. The van der Waals surface area contributed by atoms with E-state index in [-0.39, 0.29) is 40.3 Å². The van der Waals surface area contributed by atoms with E-state index in [9.17, 15) is 1.37 Å². The van der Waals surface area contributed by atoms with Gasteiger partial charge in [-0.2, -0.15) is 0 Å². The molecule has 0 radical (unpaired) electrons. The van der Waals surface area contributed by atoms with Crippen molar-refractivity contribution in [3.63, 3.8) is 0 Å². The molecule has 0 atom stereocenters. The fourth-order valence-corrected chi connectivity index (χ4v) is 4.75. The maximum Gasteiger partial charge on any atom is 0.164 e. The number of nitrogens with zero attached hydrogens (tertiary/aromatic N) is 3. The highest BCUT2D eigenvalue weighted by atomic mass is 28.3. The fourth-order valence-electron chi connectivity index (χ4n) is 3.88. The van der Waals surface area contributed by atoms with E-state index in [1.807, 2.05) is 31.8 Å². The summed E-state index contributed by atoms with van der Waals surface area (Å²) in [5.41, 5.74) is -0.895. The van der Waals surface area contributed by atoms with Crippen LogP contribution in [0.2, 0.25) is 19.6 Å². The maximum atomic E-state index is 9.29. The summed E-state index contributed by atoms with van der Waals surface area (Å²) in [4.78, 5) is 13.8. The normalized spacial score (nSPS) is 15.6. The topological polar surface area (TPSA) is 38.7 Å². The minimum Gasteiger partial charge on any atom is -0.208 e. The molecule has 6 rings (SSSR count). The van der Waals surface area contributed by atoms with Crippen LogP contribution in [0.15, 0.2) is 133 Å². The summed E-state index contributed by atoms with van der Waals surface area (Å²) >= 11 is 0. The van der Waals surface area contributed by atoms with Crippen LogP contribution in [0.25, 0.3) is 56.4 Å². The molecule has 194 valence electrons. The van der Waals surface area contributed by atoms with Crippen molar-refractivity contribution >= 4 is 13.3 Å². The Kier molecular flexibility index (Phi) is 4.12. The third kappa shape index (κ3) is 5.53. The molecule has 3 nitrogen and oxygen atoms in total. The van der Waals surface area contributed by atoms with Gasteiger partial charge in [-0.25, -0.2) is 15.0 Å². The van der Waals surface area contributed by atoms with Crippen molar-refractivity contribution in [1.82, 2.24) is 15.0 Å². The first-order valence-electron chi connectivity index (χ1n) is 18.7. The van der Waals surface area contributed by atoms with Gasteiger partial charge in [-0.05, 0) is 28.3 Å². The van der Waals surface area contributed by atoms with Crippen molar-refractivity contribution in [2.45, 2.75) is 19.6 Å². The van der Waals surface area contributed by atoms with E-state index in [1.165, 1.54) is 0 Å². The minimum atomic E-state index is -2.39. The van der Waals surface area contributed by atoms with Gasteiger partial charge in [-0.3, -0.25) is 0 Å². The lowest BCUT2D eigenvalue weighted by Gasteiger charge is -2.16. The number of aromatic nitrogens is 3. The van der Waals surface area contributed by atoms with E-state index >= 15 is 0 Å². The highest BCUT2D eigenvalue weighted by molar-refractivity contribution is 6.88. The zero-order chi connectivity index (χ0) is 38.0. The number of rotatable bonds is 6. The van der Waals surface area contributed by atoms with Crippen LogP contribution in [0, 0.1) is 0 Å². The Balaban J connectivity index is 1.65. The maximum absolute atomic E-state index is 9.29. The van der Waals surface area contributed by atoms with Crippen LogP contribution in [-0.4, -0.2) is 23.0 Å². The molecule has 5 aromatic carbocycles. The second-order valence-electron chi connectivity index (χ2n) is 10.0. The average Bonchev–Trinajstić information content (AvgIpc) is 3.12. The SMILES string of the molecule is [2H]c1c([2H])c(-c2nc(-c3ccccc3)nc(-c3ccccc3)n2)c([2H])c(-c2c([2H])c([2H])c(-c3c([2H])c([2H])c([Si](C)(C)C)c([2H])c3[2H])c([2H])c2[2H])c1[2H]. The molecule has 0 N–H and O–H groups in total. The van der Waals surface area contributed by atoms with E-state index in [0.29, 0.717) is 11.1 Å². The Hall–Kier alpha value is -4.67. The molecule has 0 saturated carbocycles. The first kappa shape index (κ1) is 15.2. The zero-order valence-corrected chi connectivity index (χ0v) is 23.1. The average molecular weight is 546 g/mol. The lowest BCUT2D eigenvalue weighted by atomic mass is 9.99. The summed E-state index contributed by atoms with van der Waals surface area (Å²) in [5.74, 6) is 0.246. The number of hydrogen-bond acceptors (Lipinski definition) is 3. The minimum absolute atomic E-state index is 0.171. The standard InChI is InChI=1S/C36H31N3Si/c1-40(2,3)33-23-21-27(22-24-33)26-17-19-28(20-18-26)31-15-10-16-32(25-31)36-38-34(29-11-6-4-7-12-29)37-35(39-36)30-13-8-5-9-14-30/h4-25H,1-3H3/i10D,15D,16D,17D,18D,19D,20D,21D,22D,23D,24D,25D. The van der Waals surface area contributed by atoms with Gasteiger partial charge in [0, 0.05) is 16.7 Å². The summed E-state index contributed by atoms with van der Waals surface area (Å²) in [6.45, 7) is 5.62. The zero-order valence-electron chi connectivity index (χ0n) is 34.1. The van der Waals surface area contributed by atoms with Gasteiger partial charge in [-0.1, -0.05) is 152 Å². The van der Waals surface area contributed by atoms with Gasteiger partial charge in [0.05, 0.1) is 24.5 Å². The number of hydrogen-bond donors (Lipinski definition) is 0. The van der Waals surface area contributed by atoms with Crippen LogP contribution in [0.5, 0.6) is 0 Å². The summed E-state index contributed by atoms with van der Waals surface area (Å²) in [5, 5.41) is 0.269. The number of benzene rings is 5. The fraction of sp³-hybridized carbons (Fsp3) is 0.0833. The van der Waals surface area contributed by atoms with Gasteiger partial charge in [0.25, 0.3) is 0 Å². The highest BCUT2D eigenvalue weighted by Crippen LogP contribution is 2.29. The van der Waals surface area contributed by atoms with Crippen molar-refractivity contribution in [2.75, 3.05) is 0 Å². The van der Waals surface area contributed by atoms with Gasteiger partial charge >= 0.3 is 0 Å². The molecule has 0 aliphatic heterocycles. The molecule has 40 heavy (non-hydrogen) atoms. The van der Waals surface area contributed by atoms with Crippen molar-refractivity contribution in [3.05, 3.63) is 133 Å². The van der Waals surface area contributed by atoms with Gasteiger partial charge < -0.3 is 0 Å². The van der Waals surface area contributed by atoms with Crippen LogP contribution < -0.4 is 5.19 Å². The van der Waals surface area contributed by atoms with E-state index < -0.39 is 90.8 Å². The van der Waals surface area contributed by atoms with Crippen LogP contribution in [-0.2, 0) is 0 Å². The largest absolute Gasteiger partial charge is 0.208 e. The lowest BCUT2D eigenvalue weighted by Crippen LogP contribution is -2.37. The Labute approximate surface area is 254 Å². The van der Waals surface area contributed by atoms with E-state index in [4.69, 9.17) is 15.1 Å². The van der Waals surface area contributed by atoms with E-state index in [1.54, 1.807) is 48.5 Å². The molecule has 0 aliphatic rings. The van der Waals surface area contributed by atoms with Gasteiger partial charge in [0.15, 0.2) is 17.5 Å². The molecule has 0 unspecified atom stereocenters. The van der Waals surface area contributed by atoms with E-state index in [0.717, 1.165) is 0 Å². The van der Waals surface area contributed by atoms with Gasteiger partial charge in [0.1, 0.15) is 0 Å². The predicted molar refractivity (Wildman–Crippen MR) is 170 cm³/mol. The molecule has 0 fully saturated rings. The van der Waals surface area contributed by atoms with Crippen LogP contribution in [0.1, 0.15) is 16.4 Å². The second-order valence-corrected chi connectivity index (χ2v) is 15.0. The van der Waals surface area contributed by atoms with Crippen LogP contribution in [0.3, 0.4) is 0 Å². The summed E-state index contributed by atoms with van der Waals surface area (Å²) < 4.78 is 106. The summed E-state index contributed by atoms with van der Waals surface area (Å²) in [6.07, 6.45) is 0. The monoisotopic (exact) mass is 545 g/mol. The Morgan fingerprint density at radius 1 is 0.450 bits per heavy atom. The van der Waals surface area contributed by atoms with Crippen LogP contribution >= 0.6 is 0 Å². The van der Waals surface area contributed by atoms with Gasteiger partial charge in [0.2, 0.25) is 0 Å². The Morgan fingerprint density at radius 3 is 1.32 bits per heavy atom. The quantitative estimate of drug-likeness (QED) is 0.196. The second kappa shape index (κ2) is 10.8. The lowest BCUT2D eigenvalue weighted by molar-refractivity contribution is 1.07. The molecule has 0 spiro atoms. The molecule has 4 heteroatoms.